The van der Waals surface area contributed by atoms with Crippen LogP contribution in [-0.2, 0) is 0 Å². The molecule has 0 saturated heterocycles. The first-order chi connectivity index (χ1) is 7.57. The van der Waals surface area contributed by atoms with Crippen molar-refractivity contribution in [2.45, 2.75) is 45.6 Å². The summed E-state index contributed by atoms with van der Waals surface area (Å²) in [5.41, 5.74) is 7.07. The van der Waals surface area contributed by atoms with Crippen LogP contribution in [0.3, 0.4) is 0 Å². The first-order valence-corrected chi connectivity index (χ1v) is 6.04. The minimum absolute atomic E-state index is 0.444. The highest BCUT2D eigenvalue weighted by molar-refractivity contribution is 5.60. The first-order valence-electron chi connectivity index (χ1n) is 6.04. The zero-order chi connectivity index (χ0) is 11.6. The molecule has 1 aliphatic carbocycles. The molecule has 3 heteroatoms. The summed E-state index contributed by atoms with van der Waals surface area (Å²) < 4.78 is 0. The predicted molar refractivity (Wildman–Crippen MR) is 68.3 cm³/mol. The van der Waals surface area contributed by atoms with Crippen molar-refractivity contribution in [3.05, 3.63) is 18.3 Å². The highest BCUT2D eigenvalue weighted by Crippen LogP contribution is 2.36. The fourth-order valence-corrected chi connectivity index (χ4v) is 2.55. The van der Waals surface area contributed by atoms with Crippen molar-refractivity contribution < 1.29 is 0 Å². The number of rotatable bonds is 2. The summed E-state index contributed by atoms with van der Waals surface area (Å²) in [7, 11) is 0. The standard InChI is InChI=1S/C13H21N3/c1-13(2)7-3-5-10(9-13)16-12-11(14)6-4-8-15-12/h4,6,8,10H,3,5,7,9,14H2,1-2H3,(H,15,16). The number of hydrogen-bond donors (Lipinski definition) is 2. The van der Waals surface area contributed by atoms with Gasteiger partial charge in [-0.15, -0.1) is 0 Å². The summed E-state index contributed by atoms with van der Waals surface area (Å²) in [5, 5.41) is 3.47. The molecule has 1 aromatic rings. The van der Waals surface area contributed by atoms with Gasteiger partial charge in [-0.05, 0) is 36.8 Å². The molecule has 0 bridgehead atoms. The number of anilines is 2. The van der Waals surface area contributed by atoms with Crippen molar-refractivity contribution in [1.82, 2.24) is 4.98 Å². The molecule has 1 heterocycles. The van der Waals surface area contributed by atoms with Gasteiger partial charge < -0.3 is 11.1 Å². The van der Waals surface area contributed by atoms with Crippen LogP contribution in [0.4, 0.5) is 11.5 Å². The van der Waals surface area contributed by atoms with Gasteiger partial charge in [-0.1, -0.05) is 20.3 Å². The van der Waals surface area contributed by atoms with Gasteiger partial charge in [0, 0.05) is 12.2 Å². The Morgan fingerprint density at radius 1 is 1.50 bits per heavy atom. The maximum absolute atomic E-state index is 5.88. The molecule has 88 valence electrons. The Morgan fingerprint density at radius 3 is 3.00 bits per heavy atom. The monoisotopic (exact) mass is 219 g/mol. The second kappa shape index (κ2) is 4.32. The quantitative estimate of drug-likeness (QED) is 0.803. The number of nitrogens with two attached hydrogens (primary N) is 1. The summed E-state index contributed by atoms with van der Waals surface area (Å²) in [6.45, 7) is 4.67. The molecule has 3 N–H and O–H groups in total. The van der Waals surface area contributed by atoms with Gasteiger partial charge in [0.2, 0.25) is 0 Å². The number of nitrogens with zero attached hydrogens (tertiary/aromatic N) is 1. The lowest BCUT2D eigenvalue weighted by molar-refractivity contribution is 0.229. The molecule has 1 aromatic heterocycles. The Kier molecular flexibility index (Phi) is 3.03. The summed E-state index contributed by atoms with van der Waals surface area (Å²) in [6.07, 6.45) is 6.81. The number of nitrogen functional groups attached to an aromatic ring is 1. The van der Waals surface area contributed by atoms with Crippen LogP contribution >= 0.6 is 0 Å². The van der Waals surface area contributed by atoms with Crippen LogP contribution in [-0.4, -0.2) is 11.0 Å². The summed E-state index contributed by atoms with van der Waals surface area (Å²) in [6, 6.07) is 4.27. The molecular weight excluding hydrogens is 198 g/mol. The molecule has 1 aliphatic rings. The molecule has 0 aromatic carbocycles. The Bertz CT molecular complexity index is 360. The van der Waals surface area contributed by atoms with E-state index in [-0.39, 0.29) is 0 Å². The SMILES string of the molecule is CC1(C)CCCC(Nc2ncccc2N)C1. The summed E-state index contributed by atoms with van der Waals surface area (Å²) in [5.74, 6) is 0.838. The number of nitrogens with one attached hydrogen (secondary N) is 1. The molecule has 16 heavy (non-hydrogen) atoms. The van der Waals surface area contributed by atoms with Crippen molar-refractivity contribution in [1.29, 1.82) is 0 Å². The van der Waals surface area contributed by atoms with Gasteiger partial charge in [-0.2, -0.15) is 0 Å². The average molecular weight is 219 g/mol. The Labute approximate surface area is 97.5 Å². The van der Waals surface area contributed by atoms with Gasteiger partial charge >= 0.3 is 0 Å². The van der Waals surface area contributed by atoms with Crippen LogP contribution in [0.1, 0.15) is 39.5 Å². The van der Waals surface area contributed by atoms with Gasteiger partial charge in [-0.25, -0.2) is 4.98 Å². The van der Waals surface area contributed by atoms with E-state index in [2.05, 4.69) is 24.1 Å². The fourth-order valence-electron chi connectivity index (χ4n) is 2.55. The van der Waals surface area contributed by atoms with Crippen LogP contribution in [0, 0.1) is 5.41 Å². The summed E-state index contributed by atoms with van der Waals surface area (Å²) >= 11 is 0. The Balaban J connectivity index is 2.02. The molecule has 3 nitrogen and oxygen atoms in total. The lowest BCUT2D eigenvalue weighted by Crippen LogP contribution is -2.32. The second-order valence-corrected chi connectivity index (χ2v) is 5.54. The van der Waals surface area contributed by atoms with Gasteiger partial charge in [-0.3, -0.25) is 0 Å². The van der Waals surface area contributed by atoms with Crippen LogP contribution in [0.25, 0.3) is 0 Å². The van der Waals surface area contributed by atoms with Crippen molar-refractivity contribution >= 4 is 11.5 Å². The molecule has 0 radical (unpaired) electrons. The molecule has 0 amide bonds. The predicted octanol–water partition coefficient (Wildman–Crippen LogP) is 3.04. The van der Waals surface area contributed by atoms with Crippen molar-refractivity contribution in [3.8, 4) is 0 Å². The second-order valence-electron chi connectivity index (χ2n) is 5.54. The number of pyridine rings is 1. The zero-order valence-electron chi connectivity index (χ0n) is 10.2. The molecule has 1 saturated carbocycles. The maximum Gasteiger partial charge on any atom is 0.149 e. The summed E-state index contributed by atoms with van der Waals surface area (Å²) in [4.78, 5) is 4.28. The van der Waals surface area contributed by atoms with Gasteiger partial charge in [0.25, 0.3) is 0 Å². The highest BCUT2D eigenvalue weighted by Gasteiger charge is 2.28. The molecule has 1 fully saturated rings. The van der Waals surface area contributed by atoms with E-state index in [1.807, 2.05) is 12.1 Å². The van der Waals surface area contributed by atoms with Crippen molar-refractivity contribution in [2.75, 3.05) is 11.1 Å². The minimum atomic E-state index is 0.444. The maximum atomic E-state index is 5.88. The van der Waals surface area contributed by atoms with E-state index in [0.717, 1.165) is 11.5 Å². The molecule has 1 atom stereocenters. The zero-order valence-corrected chi connectivity index (χ0v) is 10.2. The van der Waals surface area contributed by atoms with Crippen molar-refractivity contribution in [3.63, 3.8) is 0 Å². The smallest absolute Gasteiger partial charge is 0.149 e. The lowest BCUT2D eigenvalue weighted by atomic mass is 9.75. The topological polar surface area (TPSA) is 50.9 Å². The Hall–Kier alpha value is -1.25. The van der Waals surface area contributed by atoms with Crippen LogP contribution in [0.15, 0.2) is 18.3 Å². The van der Waals surface area contributed by atoms with E-state index in [1.54, 1.807) is 6.20 Å². The largest absolute Gasteiger partial charge is 0.396 e. The van der Waals surface area contributed by atoms with Gasteiger partial charge in [0.15, 0.2) is 0 Å². The minimum Gasteiger partial charge on any atom is -0.396 e. The molecule has 1 unspecified atom stereocenters. The molecule has 0 aliphatic heterocycles. The third kappa shape index (κ3) is 2.65. The van der Waals surface area contributed by atoms with E-state index in [1.165, 1.54) is 25.7 Å². The van der Waals surface area contributed by atoms with Crippen LogP contribution in [0.2, 0.25) is 0 Å². The molecule has 2 rings (SSSR count). The number of aromatic nitrogens is 1. The number of hydrogen-bond acceptors (Lipinski definition) is 3. The first kappa shape index (κ1) is 11.2. The van der Waals surface area contributed by atoms with E-state index in [9.17, 15) is 0 Å². The van der Waals surface area contributed by atoms with E-state index >= 15 is 0 Å². The van der Waals surface area contributed by atoms with Crippen LogP contribution < -0.4 is 11.1 Å². The average Bonchev–Trinajstić information content (AvgIpc) is 2.20. The molecular formula is C13H21N3. The lowest BCUT2D eigenvalue weighted by Gasteiger charge is -2.35. The van der Waals surface area contributed by atoms with Crippen molar-refractivity contribution in [2.24, 2.45) is 5.41 Å². The highest BCUT2D eigenvalue weighted by atomic mass is 15.0. The third-order valence-corrected chi connectivity index (χ3v) is 3.38. The van der Waals surface area contributed by atoms with E-state index in [0.29, 0.717) is 11.5 Å². The fraction of sp³-hybridized carbons (Fsp3) is 0.615. The normalized spacial score (nSPS) is 24.0. The molecule has 0 spiro atoms. The van der Waals surface area contributed by atoms with E-state index in [4.69, 9.17) is 5.73 Å². The Morgan fingerprint density at radius 2 is 2.31 bits per heavy atom. The van der Waals surface area contributed by atoms with Gasteiger partial charge in [0.05, 0.1) is 5.69 Å². The van der Waals surface area contributed by atoms with Crippen LogP contribution in [0.5, 0.6) is 0 Å². The van der Waals surface area contributed by atoms with E-state index < -0.39 is 0 Å². The third-order valence-electron chi connectivity index (χ3n) is 3.38. The van der Waals surface area contributed by atoms with Gasteiger partial charge in [0.1, 0.15) is 5.82 Å².